The minimum absolute atomic E-state index is 0.168. The number of carbonyl (C=O) groups excluding carboxylic acids is 1. The van der Waals surface area contributed by atoms with Crippen molar-refractivity contribution in [2.75, 3.05) is 19.8 Å². The van der Waals surface area contributed by atoms with Gasteiger partial charge in [-0.05, 0) is 18.1 Å². The molecule has 0 saturated carbocycles. The lowest BCUT2D eigenvalue weighted by Gasteiger charge is -2.23. The quantitative estimate of drug-likeness (QED) is 0.849. The van der Waals surface area contributed by atoms with Gasteiger partial charge < -0.3 is 10.1 Å². The molecule has 4 nitrogen and oxygen atoms in total. The number of carbonyl (C=O) groups is 1. The van der Waals surface area contributed by atoms with E-state index in [0.717, 1.165) is 25.3 Å². The van der Waals surface area contributed by atoms with Crippen LogP contribution in [0.4, 0.5) is 0 Å². The standard InChI is InChI=1S/C14H20N2O2/c1-2-11-3-4-12(16-9-11)7-14(17)8-13-10-18-6-5-15-13/h3-4,9,13,15H,2,5-8,10H2,1H3. The molecule has 1 aliphatic rings. The van der Waals surface area contributed by atoms with Crippen LogP contribution in [0.5, 0.6) is 0 Å². The summed E-state index contributed by atoms with van der Waals surface area (Å²) in [5, 5.41) is 3.29. The second kappa shape index (κ2) is 6.61. The van der Waals surface area contributed by atoms with Crippen molar-refractivity contribution < 1.29 is 9.53 Å². The van der Waals surface area contributed by atoms with Crippen LogP contribution in [-0.4, -0.2) is 36.6 Å². The Morgan fingerprint density at radius 1 is 1.56 bits per heavy atom. The summed E-state index contributed by atoms with van der Waals surface area (Å²) in [6.45, 7) is 4.30. The summed E-state index contributed by atoms with van der Waals surface area (Å²) in [5.74, 6) is 0.217. The van der Waals surface area contributed by atoms with Crippen LogP contribution in [-0.2, 0) is 22.4 Å². The van der Waals surface area contributed by atoms with Crippen molar-refractivity contribution in [3.8, 4) is 0 Å². The number of pyridine rings is 1. The Morgan fingerprint density at radius 2 is 2.44 bits per heavy atom. The van der Waals surface area contributed by atoms with E-state index in [2.05, 4.69) is 17.2 Å². The first kappa shape index (κ1) is 13.2. The largest absolute Gasteiger partial charge is 0.379 e. The van der Waals surface area contributed by atoms with Crippen molar-refractivity contribution >= 4 is 5.78 Å². The molecule has 1 atom stereocenters. The number of morpholine rings is 1. The molecule has 1 aromatic heterocycles. The first-order valence-electron chi connectivity index (χ1n) is 6.54. The van der Waals surface area contributed by atoms with Gasteiger partial charge in [0.2, 0.25) is 0 Å². The van der Waals surface area contributed by atoms with E-state index in [1.165, 1.54) is 5.56 Å². The molecule has 98 valence electrons. The smallest absolute Gasteiger partial charge is 0.140 e. The maximum atomic E-state index is 11.9. The Morgan fingerprint density at radius 3 is 3.06 bits per heavy atom. The van der Waals surface area contributed by atoms with E-state index >= 15 is 0 Å². The molecule has 0 amide bonds. The molecule has 1 N–H and O–H groups in total. The summed E-state index contributed by atoms with van der Waals surface area (Å²) >= 11 is 0. The number of hydrogen-bond donors (Lipinski definition) is 1. The Balaban J connectivity index is 1.82. The fourth-order valence-electron chi connectivity index (χ4n) is 2.07. The van der Waals surface area contributed by atoms with Crippen LogP contribution in [0, 0.1) is 0 Å². The zero-order valence-corrected chi connectivity index (χ0v) is 10.8. The lowest BCUT2D eigenvalue weighted by atomic mass is 10.1. The van der Waals surface area contributed by atoms with Gasteiger partial charge in [-0.1, -0.05) is 13.0 Å². The van der Waals surface area contributed by atoms with Gasteiger partial charge in [-0.25, -0.2) is 0 Å². The molecular weight excluding hydrogens is 228 g/mol. The zero-order valence-electron chi connectivity index (χ0n) is 10.8. The van der Waals surface area contributed by atoms with Gasteiger partial charge in [-0.3, -0.25) is 9.78 Å². The predicted molar refractivity (Wildman–Crippen MR) is 69.6 cm³/mol. The fraction of sp³-hybridized carbons (Fsp3) is 0.571. The molecule has 1 aromatic rings. The maximum Gasteiger partial charge on any atom is 0.140 e. The summed E-state index contributed by atoms with van der Waals surface area (Å²) in [6.07, 6.45) is 3.77. The number of ketones is 1. The third-order valence-electron chi connectivity index (χ3n) is 3.15. The third-order valence-corrected chi connectivity index (χ3v) is 3.15. The SMILES string of the molecule is CCc1ccc(CC(=O)CC2COCCN2)nc1. The van der Waals surface area contributed by atoms with Crippen molar-refractivity contribution in [1.29, 1.82) is 0 Å². The molecule has 0 spiro atoms. The molecule has 2 heterocycles. The van der Waals surface area contributed by atoms with Crippen molar-refractivity contribution in [3.05, 3.63) is 29.6 Å². The van der Waals surface area contributed by atoms with E-state index in [0.29, 0.717) is 19.4 Å². The zero-order chi connectivity index (χ0) is 12.8. The van der Waals surface area contributed by atoms with Crippen LogP contribution >= 0.6 is 0 Å². The third kappa shape index (κ3) is 3.89. The Labute approximate surface area is 108 Å². The number of nitrogens with zero attached hydrogens (tertiary/aromatic N) is 1. The molecule has 2 rings (SSSR count). The van der Waals surface area contributed by atoms with E-state index in [-0.39, 0.29) is 11.8 Å². The van der Waals surface area contributed by atoms with Gasteiger partial charge in [0.25, 0.3) is 0 Å². The summed E-state index contributed by atoms with van der Waals surface area (Å²) in [7, 11) is 0. The van der Waals surface area contributed by atoms with Crippen molar-refractivity contribution in [2.45, 2.75) is 32.2 Å². The van der Waals surface area contributed by atoms with Gasteiger partial charge in [0.05, 0.1) is 13.2 Å². The van der Waals surface area contributed by atoms with E-state index in [4.69, 9.17) is 4.74 Å². The molecule has 4 heteroatoms. The molecular formula is C14H20N2O2. The molecule has 1 saturated heterocycles. The average molecular weight is 248 g/mol. The Bertz CT molecular complexity index is 383. The Hall–Kier alpha value is -1.26. The van der Waals surface area contributed by atoms with Crippen LogP contribution in [0.2, 0.25) is 0 Å². The average Bonchev–Trinajstić information content (AvgIpc) is 2.40. The monoisotopic (exact) mass is 248 g/mol. The highest BCUT2D eigenvalue weighted by molar-refractivity contribution is 5.81. The molecule has 0 aromatic carbocycles. The molecule has 18 heavy (non-hydrogen) atoms. The molecule has 1 fully saturated rings. The number of rotatable bonds is 5. The minimum atomic E-state index is 0.168. The first-order valence-corrected chi connectivity index (χ1v) is 6.54. The summed E-state index contributed by atoms with van der Waals surface area (Å²) in [4.78, 5) is 16.2. The van der Waals surface area contributed by atoms with Gasteiger partial charge in [0.15, 0.2) is 0 Å². The second-order valence-corrected chi connectivity index (χ2v) is 4.66. The molecule has 0 radical (unpaired) electrons. The van der Waals surface area contributed by atoms with E-state index in [1.807, 2.05) is 18.3 Å². The topological polar surface area (TPSA) is 51.2 Å². The maximum absolute atomic E-state index is 11.9. The van der Waals surface area contributed by atoms with Gasteiger partial charge in [-0.2, -0.15) is 0 Å². The normalized spacial score (nSPS) is 19.7. The van der Waals surface area contributed by atoms with Crippen molar-refractivity contribution in [1.82, 2.24) is 10.3 Å². The second-order valence-electron chi connectivity index (χ2n) is 4.66. The van der Waals surface area contributed by atoms with Crippen LogP contribution in [0.25, 0.3) is 0 Å². The van der Waals surface area contributed by atoms with Gasteiger partial charge in [0.1, 0.15) is 5.78 Å². The van der Waals surface area contributed by atoms with Gasteiger partial charge in [-0.15, -0.1) is 0 Å². The van der Waals surface area contributed by atoms with Crippen molar-refractivity contribution in [3.63, 3.8) is 0 Å². The molecule has 0 aliphatic carbocycles. The van der Waals surface area contributed by atoms with E-state index < -0.39 is 0 Å². The van der Waals surface area contributed by atoms with Gasteiger partial charge >= 0.3 is 0 Å². The molecule has 0 bridgehead atoms. The predicted octanol–water partition coefficient (Wildman–Crippen LogP) is 1.13. The molecule has 1 unspecified atom stereocenters. The van der Waals surface area contributed by atoms with Crippen LogP contribution in [0.1, 0.15) is 24.6 Å². The summed E-state index contributed by atoms with van der Waals surface area (Å²) in [6, 6.07) is 4.15. The highest BCUT2D eigenvalue weighted by Gasteiger charge is 2.17. The first-order chi connectivity index (χ1) is 8.78. The number of aromatic nitrogens is 1. The highest BCUT2D eigenvalue weighted by atomic mass is 16.5. The minimum Gasteiger partial charge on any atom is -0.379 e. The number of Topliss-reactive ketones (excluding diaryl/α,β-unsaturated/α-hetero) is 1. The van der Waals surface area contributed by atoms with Gasteiger partial charge in [0, 0.05) is 37.3 Å². The number of aryl methyl sites for hydroxylation is 1. The fourth-order valence-corrected chi connectivity index (χ4v) is 2.07. The summed E-state index contributed by atoms with van der Waals surface area (Å²) < 4.78 is 5.33. The van der Waals surface area contributed by atoms with E-state index in [1.54, 1.807) is 0 Å². The van der Waals surface area contributed by atoms with Crippen LogP contribution < -0.4 is 5.32 Å². The number of hydrogen-bond acceptors (Lipinski definition) is 4. The Kier molecular flexibility index (Phi) is 4.84. The van der Waals surface area contributed by atoms with E-state index in [9.17, 15) is 4.79 Å². The van der Waals surface area contributed by atoms with Crippen molar-refractivity contribution in [2.24, 2.45) is 0 Å². The van der Waals surface area contributed by atoms with Crippen LogP contribution in [0.3, 0.4) is 0 Å². The molecule has 1 aliphatic heterocycles. The highest BCUT2D eigenvalue weighted by Crippen LogP contribution is 2.06. The lowest BCUT2D eigenvalue weighted by molar-refractivity contribution is -0.119. The lowest BCUT2D eigenvalue weighted by Crippen LogP contribution is -2.42. The number of nitrogens with one attached hydrogen (secondary N) is 1. The van der Waals surface area contributed by atoms with Crippen LogP contribution in [0.15, 0.2) is 18.3 Å². The number of ether oxygens (including phenoxy) is 1. The summed E-state index contributed by atoms with van der Waals surface area (Å²) in [5.41, 5.74) is 2.06.